The molecule has 1 fully saturated rings. The van der Waals surface area contributed by atoms with Gasteiger partial charge < -0.3 is 16.2 Å². The number of hydrogen-bond donors (Lipinski definition) is 3. The predicted molar refractivity (Wildman–Crippen MR) is 63.6 cm³/mol. The highest BCUT2D eigenvalue weighted by molar-refractivity contribution is 5.95. The minimum absolute atomic E-state index is 0.249. The van der Waals surface area contributed by atoms with Crippen LogP contribution in [-0.4, -0.2) is 17.6 Å². The van der Waals surface area contributed by atoms with Gasteiger partial charge in [-0.15, -0.1) is 0 Å². The van der Waals surface area contributed by atoms with Crippen molar-refractivity contribution in [1.29, 1.82) is 0 Å². The molecule has 1 saturated carbocycles. The van der Waals surface area contributed by atoms with Gasteiger partial charge in [-0.25, -0.2) is 4.79 Å². The van der Waals surface area contributed by atoms with Gasteiger partial charge in [0.25, 0.3) is 0 Å². The maximum Gasteiger partial charge on any atom is 0.337 e. The lowest BCUT2D eigenvalue weighted by Crippen LogP contribution is -2.21. The summed E-state index contributed by atoms with van der Waals surface area (Å²) in [6.45, 7) is 0.851. The molecule has 0 radical (unpaired) electrons. The van der Waals surface area contributed by atoms with E-state index in [2.05, 4.69) is 5.32 Å². The zero-order valence-electron chi connectivity index (χ0n) is 9.07. The molecule has 1 aromatic rings. The zero-order valence-corrected chi connectivity index (χ0v) is 9.07. The summed E-state index contributed by atoms with van der Waals surface area (Å²) in [5, 5.41) is 12.2. The van der Waals surface area contributed by atoms with Gasteiger partial charge in [-0.1, -0.05) is 6.42 Å². The van der Waals surface area contributed by atoms with Crippen LogP contribution in [0, 0.1) is 5.92 Å². The first-order valence-corrected chi connectivity index (χ1v) is 5.53. The lowest BCUT2D eigenvalue weighted by atomic mass is 9.85. The molecule has 0 saturated heterocycles. The number of aromatic carboxylic acids is 1. The highest BCUT2D eigenvalue weighted by Crippen LogP contribution is 2.27. The van der Waals surface area contributed by atoms with Gasteiger partial charge in [0.1, 0.15) is 0 Å². The van der Waals surface area contributed by atoms with Gasteiger partial charge >= 0.3 is 5.97 Å². The van der Waals surface area contributed by atoms with E-state index in [0.717, 1.165) is 6.54 Å². The first kappa shape index (κ1) is 10.8. The van der Waals surface area contributed by atoms with Crippen LogP contribution in [0.3, 0.4) is 0 Å². The van der Waals surface area contributed by atoms with Crippen molar-refractivity contribution >= 4 is 17.3 Å². The van der Waals surface area contributed by atoms with Crippen molar-refractivity contribution < 1.29 is 9.90 Å². The number of anilines is 2. The fraction of sp³-hybridized carbons (Fsp3) is 0.417. The van der Waals surface area contributed by atoms with Gasteiger partial charge in [-0.05, 0) is 37.0 Å². The van der Waals surface area contributed by atoms with E-state index in [1.165, 1.54) is 25.3 Å². The van der Waals surface area contributed by atoms with Gasteiger partial charge in [0.15, 0.2) is 0 Å². The van der Waals surface area contributed by atoms with Crippen LogP contribution in [0.1, 0.15) is 29.6 Å². The topological polar surface area (TPSA) is 75.3 Å². The van der Waals surface area contributed by atoms with E-state index in [-0.39, 0.29) is 5.56 Å². The third-order valence-electron chi connectivity index (χ3n) is 3.08. The van der Waals surface area contributed by atoms with E-state index in [4.69, 9.17) is 10.8 Å². The van der Waals surface area contributed by atoms with Gasteiger partial charge in [0, 0.05) is 17.9 Å². The quantitative estimate of drug-likeness (QED) is 0.680. The van der Waals surface area contributed by atoms with E-state index in [9.17, 15) is 4.79 Å². The lowest BCUT2D eigenvalue weighted by Gasteiger charge is -2.26. The van der Waals surface area contributed by atoms with Crippen LogP contribution >= 0.6 is 0 Å². The average molecular weight is 220 g/mol. The molecule has 0 heterocycles. The Bertz CT molecular complexity index is 400. The summed E-state index contributed by atoms with van der Waals surface area (Å²) in [7, 11) is 0. The summed E-state index contributed by atoms with van der Waals surface area (Å²) in [5.74, 6) is -0.248. The highest BCUT2D eigenvalue weighted by Gasteiger charge is 2.18. The third-order valence-corrected chi connectivity index (χ3v) is 3.08. The fourth-order valence-electron chi connectivity index (χ4n) is 1.84. The Balaban J connectivity index is 2.08. The Labute approximate surface area is 94.5 Å². The lowest BCUT2D eigenvalue weighted by molar-refractivity contribution is 0.0698. The van der Waals surface area contributed by atoms with Gasteiger partial charge in [0.2, 0.25) is 0 Å². The number of carboxylic acids is 1. The van der Waals surface area contributed by atoms with Gasteiger partial charge in [0.05, 0.1) is 5.56 Å². The summed E-state index contributed by atoms with van der Waals surface area (Å²) in [6.07, 6.45) is 3.77. The Morgan fingerprint density at radius 2 is 2.25 bits per heavy atom. The highest BCUT2D eigenvalue weighted by atomic mass is 16.4. The van der Waals surface area contributed by atoms with Gasteiger partial charge in [-0.2, -0.15) is 0 Å². The Kier molecular flexibility index (Phi) is 2.99. The van der Waals surface area contributed by atoms with Crippen LogP contribution in [0.5, 0.6) is 0 Å². The Morgan fingerprint density at radius 1 is 1.50 bits per heavy atom. The first-order chi connectivity index (χ1) is 7.66. The average Bonchev–Trinajstić information content (AvgIpc) is 2.17. The summed E-state index contributed by atoms with van der Waals surface area (Å²) in [5.41, 5.74) is 6.96. The summed E-state index contributed by atoms with van der Waals surface area (Å²) >= 11 is 0. The fourth-order valence-corrected chi connectivity index (χ4v) is 1.84. The number of hydrogen-bond acceptors (Lipinski definition) is 3. The van der Waals surface area contributed by atoms with Crippen LogP contribution in [0.2, 0.25) is 0 Å². The molecule has 1 aliphatic rings. The van der Waals surface area contributed by atoms with Crippen LogP contribution in [-0.2, 0) is 0 Å². The number of nitrogen functional groups attached to an aromatic ring is 1. The van der Waals surface area contributed by atoms with E-state index in [1.807, 2.05) is 0 Å². The smallest absolute Gasteiger partial charge is 0.337 e. The summed E-state index contributed by atoms with van der Waals surface area (Å²) in [6, 6.07) is 4.94. The minimum atomic E-state index is -0.941. The molecule has 4 nitrogen and oxygen atoms in total. The van der Waals surface area contributed by atoms with Crippen molar-refractivity contribution in [2.75, 3.05) is 17.6 Å². The van der Waals surface area contributed by atoms with Crippen molar-refractivity contribution in [3.8, 4) is 0 Å². The van der Waals surface area contributed by atoms with E-state index in [0.29, 0.717) is 17.3 Å². The molecule has 0 atom stereocenters. The molecule has 4 N–H and O–H groups in total. The van der Waals surface area contributed by atoms with Crippen molar-refractivity contribution in [3.63, 3.8) is 0 Å². The maximum atomic E-state index is 11.0. The molecule has 1 aliphatic carbocycles. The van der Waals surface area contributed by atoms with Crippen molar-refractivity contribution in [1.82, 2.24) is 0 Å². The number of carbonyl (C=O) groups is 1. The Hall–Kier alpha value is -1.71. The number of rotatable bonds is 4. The first-order valence-electron chi connectivity index (χ1n) is 5.53. The molecule has 86 valence electrons. The second kappa shape index (κ2) is 4.43. The molecule has 0 aliphatic heterocycles. The molecule has 1 aromatic carbocycles. The van der Waals surface area contributed by atoms with E-state index >= 15 is 0 Å². The molecule has 16 heavy (non-hydrogen) atoms. The molecule has 0 bridgehead atoms. The SMILES string of the molecule is Nc1ccc(NCC2CCC2)c(C(=O)O)c1. The molecule has 0 unspecified atom stereocenters. The molecule has 4 heteroatoms. The monoisotopic (exact) mass is 220 g/mol. The number of benzene rings is 1. The molecular formula is C12H16N2O2. The standard InChI is InChI=1S/C12H16N2O2/c13-9-4-5-11(10(6-9)12(15)16)14-7-8-2-1-3-8/h4-6,8,14H,1-3,7,13H2,(H,15,16). The van der Waals surface area contributed by atoms with Crippen molar-refractivity contribution in [2.24, 2.45) is 5.92 Å². The van der Waals surface area contributed by atoms with Crippen molar-refractivity contribution in [2.45, 2.75) is 19.3 Å². The second-order valence-electron chi connectivity index (χ2n) is 4.29. The van der Waals surface area contributed by atoms with Crippen LogP contribution in [0.25, 0.3) is 0 Å². The predicted octanol–water partition coefficient (Wildman–Crippen LogP) is 2.18. The molecule has 0 aromatic heterocycles. The van der Waals surface area contributed by atoms with Crippen LogP contribution in [0.15, 0.2) is 18.2 Å². The minimum Gasteiger partial charge on any atom is -0.478 e. The molecular weight excluding hydrogens is 204 g/mol. The molecule has 2 rings (SSSR count). The number of nitrogens with two attached hydrogens (primary N) is 1. The Morgan fingerprint density at radius 3 is 2.81 bits per heavy atom. The number of nitrogens with one attached hydrogen (secondary N) is 1. The van der Waals surface area contributed by atoms with Crippen LogP contribution in [0.4, 0.5) is 11.4 Å². The van der Waals surface area contributed by atoms with E-state index < -0.39 is 5.97 Å². The maximum absolute atomic E-state index is 11.0. The second-order valence-corrected chi connectivity index (χ2v) is 4.29. The zero-order chi connectivity index (χ0) is 11.5. The summed E-state index contributed by atoms with van der Waals surface area (Å²) in [4.78, 5) is 11.0. The normalized spacial score (nSPS) is 15.5. The third kappa shape index (κ3) is 2.27. The van der Waals surface area contributed by atoms with Crippen molar-refractivity contribution in [3.05, 3.63) is 23.8 Å². The van der Waals surface area contributed by atoms with Crippen LogP contribution < -0.4 is 11.1 Å². The number of carboxylic acid groups (broad SMARTS) is 1. The largest absolute Gasteiger partial charge is 0.478 e. The molecule has 0 spiro atoms. The van der Waals surface area contributed by atoms with Gasteiger partial charge in [-0.3, -0.25) is 0 Å². The molecule has 0 amide bonds. The summed E-state index contributed by atoms with van der Waals surface area (Å²) < 4.78 is 0. The van der Waals surface area contributed by atoms with E-state index in [1.54, 1.807) is 12.1 Å².